The molecule has 0 aliphatic heterocycles. The Kier molecular flexibility index (Phi) is 4.02. The summed E-state index contributed by atoms with van der Waals surface area (Å²) in [6.45, 7) is 3.93. The topological polar surface area (TPSA) is 47.6 Å². The van der Waals surface area contributed by atoms with Gasteiger partial charge in [0.2, 0.25) is 0 Å². The van der Waals surface area contributed by atoms with Crippen molar-refractivity contribution in [3.05, 3.63) is 24.3 Å². The molecule has 1 fully saturated rings. The number of benzene rings is 1. The van der Waals surface area contributed by atoms with Crippen LogP contribution in [0.5, 0.6) is 5.75 Å². The first kappa shape index (κ1) is 14.2. The largest absolute Gasteiger partial charge is 0.491 e. The summed E-state index contributed by atoms with van der Waals surface area (Å²) in [5.41, 5.74) is -0.164. The molecule has 0 bridgehead atoms. The number of nitrogens with one attached hydrogen (secondary N) is 1. The molecular formula is C14H18ClNO3. The standard InChI is InChI=1S/C14H18ClNO3/c1-9(2)19-11-6-4-10(5-7-11)16-13(17)14(18-3)8-12(14)15/h4-7,9,12H,8H2,1-3H3,(H,16,17). The molecule has 1 aliphatic carbocycles. The van der Waals surface area contributed by atoms with Gasteiger partial charge >= 0.3 is 0 Å². The number of halogens is 1. The maximum atomic E-state index is 12.0. The number of carbonyl (C=O) groups is 1. The third kappa shape index (κ3) is 3.01. The first-order chi connectivity index (χ1) is 8.98. The molecule has 1 aromatic rings. The zero-order valence-corrected chi connectivity index (χ0v) is 12.0. The lowest BCUT2D eigenvalue weighted by Gasteiger charge is -2.15. The number of anilines is 1. The van der Waals surface area contributed by atoms with Crippen molar-refractivity contribution < 1.29 is 14.3 Å². The fraction of sp³-hybridized carbons (Fsp3) is 0.500. The quantitative estimate of drug-likeness (QED) is 0.845. The Labute approximate surface area is 118 Å². The van der Waals surface area contributed by atoms with Gasteiger partial charge in [0, 0.05) is 19.2 Å². The Morgan fingerprint density at radius 3 is 2.42 bits per heavy atom. The molecule has 2 atom stereocenters. The number of methoxy groups -OCH3 is 1. The van der Waals surface area contributed by atoms with Gasteiger partial charge in [0.15, 0.2) is 5.60 Å². The van der Waals surface area contributed by atoms with Crippen LogP contribution < -0.4 is 10.1 Å². The molecule has 5 heteroatoms. The zero-order valence-electron chi connectivity index (χ0n) is 11.3. The Hall–Kier alpha value is -1.26. The lowest BCUT2D eigenvalue weighted by Crippen LogP contribution is -2.33. The molecule has 19 heavy (non-hydrogen) atoms. The third-order valence-electron chi connectivity index (χ3n) is 3.06. The minimum Gasteiger partial charge on any atom is -0.491 e. The minimum atomic E-state index is -0.866. The molecule has 2 rings (SSSR count). The highest BCUT2D eigenvalue weighted by Crippen LogP contribution is 2.45. The maximum absolute atomic E-state index is 12.0. The van der Waals surface area contributed by atoms with E-state index in [1.807, 2.05) is 26.0 Å². The summed E-state index contributed by atoms with van der Waals surface area (Å²) >= 11 is 5.95. The van der Waals surface area contributed by atoms with Crippen LogP contribution in [0.3, 0.4) is 0 Å². The van der Waals surface area contributed by atoms with Crippen LogP contribution in [0.2, 0.25) is 0 Å². The number of rotatable bonds is 5. The van der Waals surface area contributed by atoms with Crippen molar-refractivity contribution in [1.82, 2.24) is 0 Å². The molecule has 0 saturated heterocycles. The summed E-state index contributed by atoms with van der Waals surface area (Å²) in [6, 6.07) is 7.23. The van der Waals surface area contributed by atoms with Crippen molar-refractivity contribution in [2.24, 2.45) is 0 Å². The lowest BCUT2D eigenvalue weighted by atomic mass is 10.2. The van der Waals surface area contributed by atoms with Crippen LogP contribution in [0.15, 0.2) is 24.3 Å². The number of amides is 1. The zero-order chi connectivity index (χ0) is 14.0. The normalized spacial score (nSPS) is 25.2. The lowest BCUT2D eigenvalue weighted by molar-refractivity contribution is -0.127. The van der Waals surface area contributed by atoms with Gasteiger partial charge in [0.25, 0.3) is 5.91 Å². The molecule has 1 aromatic carbocycles. The van der Waals surface area contributed by atoms with Crippen molar-refractivity contribution in [3.8, 4) is 5.75 Å². The van der Waals surface area contributed by atoms with Crippen LogP contribution >= 0.6 is 11.6 Å². The van der Waals surface area contributed by atoms with E-state index in [0.717, 1.165) is 5.75 Å². The highest BCUT2D eigenvalue weighted by atomic mass is 35.5. The van der Waals surface area contributed by atoms with Gasteiger partial charge in [-0.05, 0) is 38.1 Å². The molecule has 1 aliphatic rings. The average Bonchev–Trinajstić information content (AvgIpc) is 3.03. The molecule has 4 nitrogen and oxygen atoms in total. The van der Waals surface area contributed by atoms with Gasteiger partial charge in [0.05, 0.1) is 11.5 Å². The van der Waals surface area contributed by atoms with Gasteiger partial charge in [-0.1, -0.05) is 0 Å². The predicted octanol–water partition coefficient (Wildman–Crippen LogP) is 2.81. The molecule has 1 amide bonds. The summed E-state index contributed by atoms with van der Waals surface area (Å²) in [7, 11) is 1.50. The van der Waals surface area contributed by atoms with Gasteiger partial charge in [0.1, 0.15) is 5.75 Å². The molecule has 0 radical (unpaired) electrons. The van der Waals surface area contributed by atoms with E-state index in [-0.39, 0.29) is 17.4 Å². The van der Waals surface area contributed by atoms with E-state index < -0.39 is 5.60 Å². The van der Waals surface area contributed by atoms with Crippen molar-refractivity contribution in [2.75, 3.05) is 12.4 Å². The van der Waals surface area contributed by atoms with E-state index in [9.17, 15) is 4.79 Å². The Bertz CT molecular complexity index is 456. The van der Waals surface area contributed by atoms with Gasteiger partial charge in [-0.25, -0.2) is 0 Å². The van der Waals surface area contributed by atoms with E-state index in [1.165, 1.54) is 7.11 Å². The first-order valence-electron chi connectivity index (χ1n) is 6.25. The second-order valence-electron chi connectivity index (χ2n) is 4.91. The van der Waals surface area contributed by atoms with Crippen molar-refractivity contribution >= 4 is 23.2 Å². The predicted molar refractivity (Wildman–Crippen MR) is 74.8 cm³/mol. The number of ether oxygens (including phenoxy) is 2. The van der Waals surface area contributed by atoms with E-state index in [2.05, 4.69) is 5.32 Å². The van der Waals surface area contributed by atoms with Gasteiger partial charge in [-0.2, -0.15) is 0 Å². The smallest absolute Gasteiger partial charge is 0.258 e. The van der Waals surface area contributed by atoms with E-state index in [1.54, 1.807) is 12.1 Å². The summed E-state index contributed by atoms with van der Waals surface area (Å²) in [5, 5.41) is 2.55. The second-order valence-corrected chi connectivity index (χ2v) is 5.44. The number of hydrogen-bond acceptors (Lipinski definition) is 3. The SMILES string of the molecule is COC1(C(=O)Nc2ccc(OC(C)C)cc2)CC1Cl. The Balaban J connectivity index is 1.98. The molecule has 0 aromatic heterocycles. The summed E-state index contributed by atoms with van der Waals surface area (Å²) in [6.07, 6.45) is 0.673. The molecule has 104 valence electrons. The van der Waals surface area contributed by atoms with Gasteiger partial charge in [-0.15, -0.1) is 11.6 Å². The molecule has 1 saturated carbocycles. The summed E-state index contributed by atoms with van der Waals surface area (Å²) in [5.74, 6) is 0.573. The van der Waals surface area contributed by atoms with E-state index in [0.29, 0.717) is 12.1 Å². The first-order valence-corrected chi connectivity index (χ1v) is 6.69. The van der Waals surface area contributed by atoms with Crippen LogP contribution in [0, 0.1) is 0 Å². The van der Waals surface area contributed by atoms with E-state index in [4.69, 9.17) is 21.1 Å². The Morgan fingerprint density at radius 2 is 2.00 bits per heavy atom. The maximum Gasteiger partial charge on any atom is 0.258 e. The van der Waals surface area contributed by atoms with Crippen LogP contribution in [0.25, 0.3) is 0 Å². The molecule has 2 unspecified atom stereocenters. The molecular weight excluding hydrogens is 266 g/mol. The fourth-order valence-corrected chi connectivity index (χ4v) is 2.29. The van der Waals surface area contributed by atoms with E-state index >= 15 is 0 Å². The fourth-order valence-electron chi connectivity index (χ4n) is 1.87. The van der Waals surface area contributed by atoms with Crippen molar-refractivity contribution in [1.29, 1.82) is 0 Å². The van der Waals surface area contributed by atoms with Crippen LogP contribution in [-0.4, -0.2) is 30.1 Å². The van der Waals surface area contributed by atoms with Gasteiger partial charge < -0.3 is 14.8 Å². The molecule has 0 spiro atoms. The van der Waals surface area contributed by atoms with Crippen LogP contribution in [-0.2, 0) is 9.53 Å². The summed E-state index contributed by atoms with van der Waals surface area (Å²) < 4.78 is 10.7. The summed E-state index contributed by atoms with van der Waals surface area (Å²) in [4.78, 5) is 12.0. The van der Waals surface area contributed by atoms with Crippen molar-refractivity contribution in [2.45, 2.75) is 37.4 Å². The number of alkyl halides is 1. The molecule has 0 heterocycles. The highest BCUT2D eigenvalue weighted by Gasteiger charge is 2.60. The minimum absolute atomic E-state index is 0.126. The average molecular weight is 284 g/mol. The Morgan fingerprint density at radius 1 is 1.42 bits per heavy atom. The van der Waals surface area contributed by atoms with Crippen molar-refractivity contribution in [3.63, 3.8) is 0 Å². The number of hydrogen-bond donors (Lipinski definition) is 1. The third-order valence-corrected chi connectivity index (χ3v) is 3.57. The molecule has 1 N–H and O–H groups in total. The number of carbonyl (C=O) groups excluding carboxylic acids is 1. The van der Waals surface area contributed by atoms with Gasteiger partial charge in [-0.3, -0.25) is 4.79 Å². The van der Waals surface area contributed by atoms with Crippen LogP contribution in [0.1, 0.15) is 20.3 Å². The second kappa shape index (κ2) is 5.39. The monoisotopic (exact) mass is 283 g/mol. The van der Waals surface area contributed by atoms with Crippen LogP contribution in [0.4, 0.5) is 5.69 Å². The highest BCUT2D eigenvalue weighted by molar-refractivity contribution is 6.27.